The SMILES string of the molecule is CC1(CNC(=O)c2cc(Cl)ccc2F)CCOCC1. The molecule has 1 amide bonds. The molecule has 0 atom stereocenters. The van der Waals surface area contributed by atoms with E-state index < -0.39 is 11.7 Å². The molecule has 0 unspecified atom stereocenters. The highest BCUT2D eigenvalue weighted by Gasteiger charge is 2.28. The number of amides is 1. The van der Waals surface area contributed by atoms with Crippen LogP contribution in [0.1, 0.15) is 30.1 Å². The van der Waals surface area contributed by atoms with E-state index >= 15 is 0 Å². The number of hydrogen-bond donors (Lipinski definition) is 1. The summed E-state index contributed by atoms with van der Waals surface area (Å²) in [5.41, 5.74) is 0.00586. The largest absolute Gasteiger partial charge is 0.381 e. The summed E-state index contributed by atoms with van der Waals surface area (Å²) in [6, 6.07) is 3.97. The third kappa shape index (κ3) is 3.67. The number of halogens is 2. The van der Waals surface area contributed by atoms with Crippen LogP contribution in [0.4, 0.5) is 4.39 Å². The molecule has 0 aliphatic carbocycles. The fourth-order valence-corrected chi connectivity index (χ4v) is 2.27. The third-order valence-corrected chi connectivity index (χ3v) is 3.78. The van der Waals surface area contributed by atoms with Crippen molar-refractivity contribution in [1.29, 1.82) is 0 Å². The smallest absolute Gasteiger partial charge is 0.254 e. The van der Waals surface area contributed by atoms with E-state index in [9.17, 15) is 9.18 Å². The second-order valence-corrected chi connectivity index (χ2v) is 5.67. The molecule has 0 aromatic heterocycles. The Bertz CT molecular complexity index is 473. The van der Waals surface area contributed by atoms with Crippen LogP contribution in [0.15, 0.2) is 18.2 Å². The molecule has 1 aromatic carbocycles. The van der Waals surface area contributed by atoms with Crippen molar-refractivity contribution in [3.8, 4) is 0 Å². The molecular weight excluding hydrogens is 269 g/mol. The molecule has 5 heteroatoms. The fourth-order valence-electron chi connectivity index (χ4n) is 2.10. The minimum Gasteiger partial charge on any atom is -0.381 e. The average molecular weight is 286 g/mol. The van der Waals surface area contributed by atoms with Crippen LogP contribution in [0.5, 0.6) is 0 Å². The van der Waals surface area contributed by atoms with Gasteiger partial charge in [0, 0.05) is 24.8 Å². The van der Waals surface area contributed by atoms with Crippen molar-refractivity contribution in [3.05, 3.63) is 34.6 Å². The zero-order valence-corrected chi connectivity index (χ0v) is 11.6. The summed E-state index contributed by atoms with van der Waals surface area (Å²) in [6.07, 6.45) is 1.79. The Hall–Kier alpha value is -1.13. The summed E-state index contributed by atoms with van der Waals surface area (Å²) in [5.74, 6) is -0.980. The lowest BCUT2D eigenvalue weighted by Gasteiger charge is -2.33. The Kier molecular flexibility index (Phi) is 4.42. The van der Waals surface area contributed by atoms with E-state index in [2.05, 4.69) is 12.2 Å². The lowest BCUT2D eigenvalue weighted by atomic mass is 9.82. The molecule has 1 N–H and O–H groups in total. The molecule has 1 aromatic rings. The summed E-state index contributed by atoms with van der Waals surface area (Å²) >= 11 is 5.77. The number of carbonyl (C=O) groups excluding carboxylic acids is 1. The molecule has 19 heavy (non-hydrogen) atoms. The minimum absolute atomic E-state index is 0.0110. The monoisotopic (exact) mass is 285 g/mol. The highest BCUT2D eigenvalue weighted by Crippen LogP contribution is 2.28. The molecule has 1 heterocycles. The summed E-state index contributed by atoms with van der Waals surface area (Å²) in [4.78, 5) is 12.0. The van der Waals surface area contributed by atoms with E-state index in [1.54, 1.807) is 0 Å². The van der Waals surface area contributed by atoms with Crippen LogP contribution < -0.4 is 5.32 Å². The highest BCUT2D eigenvalue weighted by molar-refractivity contribution is 6.30. The van der Waals surface area contributed by atoms with Crippen LogP contribution >= 0.6 is 11.6 Å². The van der Waals surface area contributed by atoms with E-state index in [0.717, 1.165) is 12.8 Å². The molecule has 0 radical (unpaired) electrons. The van der Waals surface area contributed by atoms with Crippen LogP contribution in [0.25, 0.3) is 0 Å². The van der Waals surface area contributed by atoms with Gasteiger partial charge in [-0.15, -0.1) is 0 Å². The number of benzene rings is 1. The summed E-state index contributed by atoms with van der Waals surface area (Å²) in [7, 11) is 0. The van der Waals surface area contributed by atoms with Crippen LogP contribution in [0.3, 0.4) is 0 Å². The number of hydrogen-bond acceptors (Lipinski definition) is 2. The van der Waals surface area contributed by atoms with Crippen molar-refractivity contribution in [2.45, 2.75) is 19.8 Å². The molecule has 1 aliphatic rings. The van der Waals surface area contributed by atoms with Crippen LogP contribution in [-0.2, 0) is 4.74 Å². The standard InChI is InChI=1S/C14H17ClFNO2/c1-14(4-6-19-7-5-14)9-17-13(18)11-8-10(15)2-3-12(11)16/h2-3,8H,4-7,9H2,1H3,(H,17,18). The van der Waals surface area contributed by atoms with E-state index in [4.69, 9.17) is 16.3 Å². The van der Waals surface area contributed by atoms with Crippen LogP contribution in [0.2, 0.25) is 5.02 Å². The maximum Gasteiger partial charge on any atom is 0.254 e. The summed E-state index contributed by atoms with van der Waals surface area (Å²) in [5, 5.41) is 3.13. The summed E-state index contributed by atoms with van der Waals surface area (Å²) < 4.78 is 18.8. The van der Waals surface area contributed by atoms with Gasteiger partial charge in [0.05, 0.1) is 5.56 Å². The minimum atomic E-state index is -0.556. The van der Waals surface area contributed by atoms with Gasteiger partial charge in [0.2, 0.25) is 0 Å². The number of ether oxygens (including phenoxy) is 1. The Morgan fingerprint density at radius 2 is 2.16 bits per heavy atom. The second-order valence-electron chi connectivity index (χ2n) is 5.23. The molecule has 1 fully saturated rings. The van der Waals surface area contributed by atoms with Gasteiger partial charge < -0.3 is 10.1 Å². The van der Waals surface area contributed by atoms with Crippen molar-refractivity contribution in [2.75, 3.05) is 19.8 Å². The first kappa shape index (κ1) is 14.3. The van der Waals surface area contributed by atoms with E-state index in [-0.39, 0.29) is 11.0 Å². The van der Waals surface area contributed by atoms with E-state index in [0.29, 0.717) is 24.8 Å². The van der Waals surface area contributed by atoms with E-state index in [1.807, 2.05) is 0 Å². The molecule has 104 valence electrons. The Morgan fingerprint density at radius 1 is 1.47 bits per heavy atom. The predicted molar refractivity (Wildman–Crippen MR) is 71.9 cm³/mol. The van der Waals surface area contributed by atoms with Gasteiger partial charge in [0.25, 0.3) is 5.91 Å². The molecule has 2 rings (SSSR count). The molecular formula is C14H17ClFNO2. The lowest BCUT2D eigenvalue weighted by Crippen LogP contribution is -2.39. The average Bonchev–Trinajstić information content (AvgIpc) is 2.40. The van der Waals surface area contributed by atoms with Gasteiger partial charge >= 0.3 is 0 Å². The van der Waals surface area contributed by atoms with Gasteiger partial charge in [0.1, 0.15) is 5.82 Å². The van der Waals surface area contributed by atoms with Crippen LogP contribution in [-0.4, -0.2) is 25.7 Å². The Morgan fingerprint density at radius 3 is 2.84 bits per heavy atom. The van der Waals surface area contributed by atoms with Gasteiger partial charge in [-0.1, -0.05) is 18.5 Å². The quantitative estimate of drug-likeness (QED) is 0.927. The molecule has 0 spiro atoms. The zero-order valence-electron chi connectivity index (χ0n) is 10.8. The third-order valence-electron chi connectivity index (χ3n) is 3.55. The Labute approximate surface area is 117 Å². The molecule has 0 saturated carbocycles. The van der Waals surface area contributed by atoms with Crippen molar-refractivity contribution >= 4 is 17.5 Å². The molecule has 0 bridgehead atoms. The highest BCUT2D eigenvalue weighted by atomic mass is 35.5. The second kappa shape index (κ2) is 5.88. The maximum absolute atomic E-state index is 13.5. The summed E-state index contributed by atoms with van der Waals surface area (Å²) in [6.45, 7) is 4.03. The first-order valence-corrected chi connectivity index (χ1v) is 6.69. The number of carbonyl (C=O) groups is 1. The lowest BCUT2D eigenvalue weighted by molar-refractivity contribution is 0.0238. The van der Waals surface area contributed by atoms with Gasteiger partial charge in [-0.05, 0) is 36.5 Å². The molecule has 1 saturated heterocycles. The zero-order chi connectivity index (χ0) is 13.9. The maximum atomic E-state index is 13.5. The van der Waals surface area contributed by atoms with Crippen molar-refractivity contribution in [2.24, 2.45) is 5.41 Å². The number of rotatable bonds is 3. The van der Waals surface area contributed by atoms with E-state index in [1.165, 1.54) is 18.2 Å². The van der Waals surface area contributed by atoms with Gasteiger partial charge in [-0.3, -0.25) is 4.79 Å². The van der Waals surface area contributed by atoms with Crippen molar-refractivity contribution < 1.29 is 13.9 Å². The molecule has 3 nitrogen and oxygen atoms in total. The number of nitrogens with one attached hydrogen (secondary N) is 1. The normalized spacial score (nSPS) is 18.1. The predicted octanol–water partition coefficient (Wildman–Crippen LogP) is 3.03. The van der Waals surface area contributed by atoms with Crippen molar-refractivity contribution in [3.63, 3.8) is 0 Å². The molecule has 1 aliphatic heterocycles. The van der Waals surface area contributed by atoms with Gasteiger partial charge in [0.15, 0.2) is 0 Å². The fraction of sp³-hybridized carbons (Fsp3) is 0.500. The first-order chi connectivity index (χ1) is 9.00. The first-order valence-electron chi connectivity index (χ1n) is 6.31. The van der Waals surface area contributed by atoms with Gasteiger partial charge in [-0.25, -0.2) is 4.39 Å². The van der Waals surface area contributed by atoms with Crippen LogP contribution in [0, 0.1) is 11.2 Å². The van der Waals surface area contributed by atoms with Crippen molar-refractivity contribution in [1.82, 2.24) is 5.32 Å². The Balaban J connectivity index is 1.99. The van der Waals surface area contributed by atoms with Gasteiger partial charge in [-0.2, -0.15) is 0 Å². The topological polar surface area (TPSA) is 38.3 Å².